The lowest BCUT2D eigenvalue weighted by Gasteiger charge is -2.26. The molecule has 3 aromatic carbocycles. The van der Waals surface area contributed by atoms with Crippen molar-refractivity contribution in [1.82, 2.24) is 0 Å². The fraction of sp³-hybridized carbons (Fsp3) is 0.154. The van der Waals surface area contributed by atoms with Crippen molar-refractivity contribution in [2.24, 2.45) is 0 Å². The first-order valence-electron chi connectivity index (χ1n) is 10.6. The van der Waals surface area contributed by atoms with Gasteiger partial charge in [0.15, 0.2) is 11.5 Å². The van der Waals surface area contributed by atoms with E-state index in [0.29, 0.717) is 17.0 Å². The zero-order valence-electron chi connectivity index (χ0n) is 19.4. The van der Waals surface area contributed by atoms with E-state index in [4.69, 9.17) is 37.4 Å². The van der Waals surface area contributed by atoms with Crippen LogP contribution in [0.15, 0.2) is 60.2 Å². The van der Waals surface area contributed by atoms with Gasteiger partial charge < -0.3 is 24.4 Å². The van der Waals surface area contributed by atoms with Crippen LogP contribution in [0.3, 0.4) is 0 Å². The molecule has 1 aliphatic heterocycles. The summed E-state index contributed by atoms with van der Waals surface area (Å²) in [5, 5.41) is 21.3. The topological polar surface area (TPSA) is 106 Å². The molecule has 10 heteroatoms. The number of aliphatic hydroxyl groups excluding tert-OH is 1. The van der Waals surface area contributed by atoms with Gasteiger partial charge in [0.1, 0.15) is 22.3 Å². The minimum Gasteiger partial charge on any atom is -0.508 e. The SMILES string of the molecule is COc1ccc(N2C(=O)C(=O)/C(=C(/O)c3cc(Cl)c(OC)c(Cl)c3OC)C2c2ccc(O)cc2)cc1. The number of ketones is 1. The number of methoxy groups -OCH3 is 3. The average molecular weight is 530 g/mol. The molecule has 1 fully saturated rings. The third-order valence-corrected chi connectivity index (χ3v) is 6.42. The summed E-state index contributed by atoms with van der Waals surface area (Å²) in [6.07, 6.45) is 0. The van der Waals surface area contributed by atoms with Gasteiger partial charge in [0, 0.05) is 5.69 Å². The maximum atomic E-state index is 13.4. The molecule has 0 radical (unpaired) electrons. The molecule has 1 unspecified atom stereocenters. The molecule has 0 spiro atoms. The summed E-state index contributed by atoms with van der Waals surface area (Å²) in [6.45, 7) is 0. The van der Waals surface area contributed by atoms with Crippen molar-refractivity contribution in [3.63, 3.8) is 0 Å². The first-order valence-corrected chi connectivity index (χ1v) is 11.3. The molecule has 0 bridgehead atoms. The maximum Gasteiger partial charge on any atom is 0.300 e. The summed E-state index contributed by atoms with van der Waals surface area (Å²) in [4.78, 5) is 27.9. The number of halogens is 2. The normalized spacial score (nSPS) is 16.8. The number of hydrogen-bond donors (Lipinski definition) is 2. The predicted octanol–water partition coefficient (Wildman–Crippen LogP) is 5.35. The van der Waals surface area contributed by atoms with Crippen LogP contribution in [0.25, 0.3) is 5.76 Å². The summed E-state index contributed by atoms with van der Waals surface area (Å²) in [5.41, 5.74) is 0.656. The van der Waals surface area contributed by atoms with Gasteiger partial charge in [-0.3, -0.25) is 14.5 Å². The maximum absolute atomic E-state index is 13.4. The van der Waals surface area contributed by atoms with E-state index in [-0.39, 0.29) is 38.4 Å². The fourth-order valence-corrected chi connectivity index (χ4v) is 4.79. The van der Waals surface area contributed by atoms with E-state index in [9.17, 15) is 19.8 Å². The number of aliphatic hydroxyl groups is 1. The first-order chi connectivity index (χ1) is 17.2. The lowest BCUT2D eigenvalue weighted by molar-refractivity contribution is -0.132. The Labute approximate surface area is 216 Å². The molecule has 1 atom stereocenters. The number of amides is 1. The smallest absolute Gasteiger partial charge is 0.300 e. The highest BCUT2D eigenvalue weighted by Crippen LogP contribution is 2.48. The van der Waals surface area contributed by atoms with E-state index >= 15 is 0 Å². The number of phenols is 1. The molecule has 1 heterocycles. The van der Waals surface area contributed by atoms with Crippen molar-refractivity contribution in [3.8, 4) is 23.0 Å². The zero-order valence-corrected chi connectivity index (χ0v) is 20.9. The van der Waals surface area contributed by atoms with Gasteiger partial charge in [0.2, 0.25) is 0 Å². The fourth-order valence-electron chi connectivity index (χ4n) is 4.11. The van der Waals surface area contributed by atoms with E-state index < -0.39 is 23.5 Å². The Morgan fingerprint density at radius 2 is 1.50 bits per heavy atom. The Bertz CT molecular complexity index is 1370. The molecule has 0 aliphatic carbocycles. The van der Waals surface area contributed by atoms with E-state index in [2.05, 4.69) is 0 Å². The second kappa shape index (κ2) is 10.0. The highest BCUT2D eigenvalue weighted by Gasteiger charge is 2.47. The van der Waals surface area contributed by atoms with Crippen molar-refractivity contribution < 1.29 is 34.0 Å². The Kier molecular flexibility index (Phi) is 7.01. The molecular formula is C26H21Cl2NO7. The van der Waals surface area contributed by atoms with Crippen LogP contribution in [0.1, 0.15) is 17.2 Å². The highest BCUT2D eigenvalue weighted by atomic mass is 35.5. The van der Waals surface area contributed by atoms with Gasteiger partial charge in [-0.05, 0) is 48.0 Å². The van der Waals surface area contributed by atoms with Crippen LogP contribution < -0.4 is 19.1 Å². The Balaban J connectivity index is 1.99. The number of ether oxygens (including phenoxy) is 3. The molecule has 1 aliphatic rings. The third-order valence-electron chi connectivity index (χ3n) is 5.80. The number of benzene rings is 3. The molecule has 186 valence electrons. The van der Waals surface area contributed by atoms with Crippen molar-refractivity contribution in [3.05, 3.63) is 81.3 Å². The second-order valence-corrected chi connectivity index (χ2v) is 8.53. The summed E-state index contributed by atoms with van der Waals surface area (Å²) in [6, 6.07) is 12.8. The van der Waals surface area contributed by atoms with E-state index in [1.165, 1.54) is 44.4 Å². The van der Waals surface area contributed by atoms with Gasteiger partial charge in [0.25, 0.3) is 11.7 Å². The molecule has 4 rings (SSSR count). The predicted molar refractivity (Wildman–Crippen MR) is 135 cm³/mol. The molecule has 1 saturated heterocycles. The number of aromatic hydroxyl groups is 1. The van der Waals surface area contributed by atoms with Crippen LogP contribution in [-0.4, -0.2) is 43.2 Å². The standard InChI is InChI=1S/C26H21Cl2NO7/c1-34-16-10-6-14(7-11-16)29-21(13-4-8-15(30)9-5-13)19(23(32)26(29)33)22(31)17-12-18(27)25(36-3)20(28)24(17)35-2/h4-12,21,30-31H,1-3H3/b22-19+. The van der Waals surface area contributed by atoms with Gasteiger partial charge in [-0.25, -0.2) is 0 Å². The van der Waals surface area contributed by atoms with Gasteiger partial charge in [0.05, 0.1) is 43.5 Å². The summed E-state index contributed by atoms with van der Waals surface area (Å²) < 4.78 is 15.8. The highest BCUT2D eigenvalue weighted by molar-refractivity contribution is 6.52. The molecule has 0 saturated carbocycles. The summed E-state index contributed by atoms with van der Waals surface area (Å²) >= 11 is 12.7. The minimum atomic E-state index is -1.04. The van der Waals surface area contributed by atoms with E-state index in [1.807, 2.05) is 0 Å². The first kappa shape index (κ1) is 25.2. The van der Waals surface area contributed by atoms with Gasteiger partial charge >= 0.3 is 0 Å². The van der Waals surface area contributed by atoms with Crippen molar-refractivity contribution >= 4 is 46.3 Å². The zero-order chi connectivity index (χ0) is 26.1. The molecule has 8 nitrogen and oxygen atoms in total. The number of rotatable bonds is 6. The van der Waals surface area contributed by atoms with Crippen LogP contribution in [0, 0.1) is 0 Å². The molecule has 3 aromatic rings. The second-order valence-electron chi connectivity index (χ2n) is 7.75. The van der Waals surface area contributed by atoms with Crippen LogP contribution in [-0.2, 0) is 9.59 Å². The third kappa shape index (κ3) is 4.19. The van der Waals surface area contributed by atoms with Crippen molar-refractivity contribution in [2.75, 3.05) is 26.2 Å². The molecule has 36 heavy (non-hydrogen) atoms. The number of anilines is 1. The van der Waals surface area contributed by atoms with Crippen molar-refractivity contribution in [1.29, 1.82) is 0 Å². The largest absolute Gasteiger partial charge is 0.508 e. The quantitative estimate of drug-likeness (QED) is 0.252. The van der Waals surface area contributed by atoms with Gasteiger partial charge in [-0.2, -0.15) is 0 Å². The molecule has 0 aromatic heterocycles. The number of Topliss-reactive ketones (excluding diaryl/α,β-unsaturated/α-hetero) is 1. The molecule has 2 N–H and O–H groups in total. The van der Waals surface area contributed by atoms with E-state index in [1.54, 1.807) is 36.4 Å². The van der Waals surface area contributed by atoms with Gasteiger partial charge in [-0.1, -0.05) is 35.3 Å². The summed E-state index contributed by atoms with van der Waals surface area (Å²) in [7, 11) is 4.21. The molecule has 1 amide bonds. The number of hydrogen-bond acceptors (Lipinski definition) is 7. The van der Waals surface area contributed by atoms with Crippen LogP contribution >= 0.6 is 23.2 Å². The molecular weight excluding hydrogens is 509 g/mol. The number of phenolic OH excluding ortho intramolecular Hbond substituents is 1. The lowest BCUT2D eigenvalue weighted by atomic mass is 9.94. The van der Waals surface area contributed by atoms with Crippen LogP contribution in [0.5, 0.6) is 23.0 Å². The number of carbonyl (C=O) groups is 2. The monoisotopic (exact) mass is 529 g/mol. The van der Waals surface area contributed by atoms with Gasteiger partial charge in [-0.15, -0.1) is 0 Å². The summed E-state index contributed by atoms with van der Waals surface area (Å²) in [5.74, 6) is -1.63. The Morgan fingerprint density at radius 1 is 0.889 bits per heavy atom. The Hall–Kier alpha value is -3.88. The Morgan fingerprint density at radius 3 is 2.06 bits per heavy atom. The van der Waals surface area contributed by atoms with Crippen LogP contribution in [0.2, 0.25) is 10.0 Å². The minimum absolute atomic E-state index is 0.00413. The van der Waals surface area contributed by atoms with Crippen LogP contribution in [0.4, 0.5) is 5.69 Å². The van der Waals surface area contributed by atoms with Crippen molar-refractivity contribution in [2.45, 2.75) is 6.04 Å². The lowest BCUT2D eigenvalue weighted by Crippen LogP contribution is -2.29. The van der Waals surface area contributed by atoms with E-state index in [0.717, 1.165) is 0 Å². The number of nitrogens with zero attached hydrogens (tertiary/aromatic N) is 1. The average Bonchev–Trinajstić information content (AvgIpc) is 3.14. The number of carbonyl (C=O) groups excluding carboxylic acids is 2.